The molecule has 102 valence electrons. The number of ether oxygens (including phenoxy) is 1. The Bertz CT molecular complexity index is 756. The monoisotopic (exact) mass is 290 g/mol. The summed E-state index contributed by atoms with van der Waals surface area (Å²) in [4.78, 5) is 4.21. The number of halogens is 1. The van der Waals surface area contributed by atoms with Crippen LogP contribution >= 0.6 is 11.6 Å². The van der Waals surface area contributed by atoms with Gasteiger partial charge in [-0.1, -0.05) is 11.6 Å². The van der Waals surface area contributed by atoms with Crippen LogP contribution in [-0.2, 0) is 17.9 Å². The molecule has 4 heterocycles. The third-order valence-corrected chi connectivity index (χ3v) is 3.37. The van der Waals surface area contributed by atoms with Crippen LogP contribution in [0.5, 0.6) is 0 Å². The Morgan fingerprint density at radius 2 is 2.30 bits per heavy atom. The molecule has 0 atom stereocenters. The molecule has 1 N–H and O–H groups in total. The second kappa shape index (κ2) is 4.46. The van der Waals surface area contributed by atoms with Gasteiger partial charge in [-0.3, -0.25) is 4.68 Å². The Morgan fingerprint density at radius 1 is 1.35 bits per heavy atom. The standard InChI is InChI=1S/C12H11ClN6O/c13-8-3-10(12-14-7-15-19(12)5-8)16-11-4-9-6-20-2-1-18(9)17-11/h3-5,7H,1-2,6H2,(H,16,17). The molecule has 0 aliphatic carbocycles. The molecule has 7 nitrogen and oxygen atoms in total. The molecule has 0 radical (unpaired) electrons. The average molecular weight is 291 g/mol. The van der Waals surface area contributed by atoms with Crippen LogP contribution in [0, 0.1) is 0 Å². The second-order valence-corrected chi connectivity index (χ2v) is 4.96. The SMILES string of the molecule is Clc1cc(Nc2cc3n(n2)CCOC3)c2ncnn2c1. The molecule has 0 amide bonds. The molecule has 0 spiro atoms. The zero-order valence-electron chi connectivity index (χ0n) is 10.5. The number of pyridine rings is 1. The van der Waals surface area contributed by atoms with Crippen molar-refractivity contribution in [3.05, 3.63) is 35.4 Å². The zero-order valence-corrected chi connectivity index (χ0v) is 11.2. The van der Waals surface area contributed by atoms with Crippen LogP contribution in [0.2, 0.25) is 5.02 Å². The Labute approximate surface area is 119 Å². The van der Waals surface area contributed by atoms with E-state index in [2.05, 4.69) is 20.5 Å². The van der Waals surface area contributed by atoms with Crippen molar-refractivity contribution in [2.24, 2.45) is 0 Å². The number of aromatic nitrogens is 5. The molecule has 0 saturated heterocycles. The number of hydrogen-bond acceptors (Lipinski definition) is 5. The summed E-state index contributed by atoms with van der Waals surface area (Å²) < 4.78 is 8.97. The van der Waals surface area contributed by atoms with Gasteiger partial charge < -0.3 is 10.1 Å². The maximum atomic E-state index is 6.07. The van der Waals surface area contributed by atoms with Gasteiger partial charge in [0.1, 0.15) is 6.33 Å². The summed E-state index contributed by atoms with van der Waals surface area (Å²) in [6, 6.07) is 3.77. The van der Waals surface area contributed by atoms with Crippen LogP contribution in [0.15, 0.2) is 24.7 Å². The maximum absolute atomic E-state index is 6.07. The van der Waals surface area contributed by atoms with Gasteiger partial charge in [-0.2, -0.15) is 10.2 Å². The highest BCUT2D eigenvalue weighted by Crippen LogP contribution is 2.24. The van der Waals surface area contributed by atoms with Gasteiger partial charge in [-0.15, -0.1) is 0 Å². The van der Waals surface area contributed by atoms with Gasteiger partial charge in [-0.05, 0) is 6.07 Å². The van der Waals surface area contributed by atoms with Gasteiger partial charge in [0.25, 0.3) is 0 Å². The predicted octanol–water partition coefficient (Wildman–Crippen LogP) is 1.85. The van der Waals surface area contributed by atoms with Gasteiger partial charge in [0.2, 0.25) is 0 Å². The molecular weight excluding hydrogens is 280 g/mol. The number of hydrogen-bond donors (Lipinski definition) is 1. The number of fused-ring (bicyclic) bond motifs is 2. The molecule has 20 heavy (non-hydrogen) atoms. The maximum Gasteiger partial charge on any atom is 0.178 e. The van der Waals surface area contributed by atoms with E-state index < -0.39 is 0 Å². The Hall–Kier alpha value is -2.12. The quantitative estimate of drug-likeness (QED) is 0.780. The third kappa shape index (κ3) is 1.91. The fourth-order valence-corrected chi connectivity index (χ4v) is 2.48. The Balaban J connectivity index is 1.73. The van der Waals surface area contributed by atoms with Crippen molar-refractivity contribution in [2.75, 3.05) is 11.9 Å². The normalized spacial score (nSPS) is 14.4. The van der Waals surface area contributed by atoms with E-state index in [4.69, 9.17) is 16.3 Å². The van der Waals surface area contributed by atoms with Crippen LogP contribution in [-0.4, -0.2) is 31.0 Å². The van der Waals surface area contributed by atoms with Gasteiger partial charge >= 0.3 is 0 Å². The van der Waals surface area contributed by atoms with Gasteiger partial charge in [0.05, 0.1) is 36.2 Å². The second-order valence-electron chi connectivity index (χ2n) is 4.52. The van der Waals surface area contributed by atoms with Crippen molar-refractivity contribution >= 4 is 28.8 Å². The summed E-state index contributed by atoms with van der Waals surface area (Å²) >= 11 is 6.07. The van der Waals surface area contributed by atoms with Crippen LogP contribution in [0.1, 0.15) is 5.69 Å². The summed E-state index contributed by atoms with van der Waals surface area (Å²) in [5.74, 6) is 0.748. The first-order chi connectivity index (χ1) is 9.79. The highest BCUT2D eigenvalue weighted by atomic mass is 35.5. The molecule has 0 aromatic carbocycles. The highest BCUT2D eigenvalue weighted by molar-refractivity contribution is 6.30. The first-order valence-corrected chi connectivity index (χ1v) is 6.58. The number of nitrogens with zero attached hydrogens (tertiary/aromatic N) is 5. The predicted molar refractivity (Wildman–Crippen MR) is 73.2 cm³/mol. The van der Waals surface area contributed by atoms with Crippen molar-refractivity contribution in [3.63, 3.8) is 0 Å². The topological polar surface area (TPSA) is 69.3 Å². The number of anilines is 2. The van der Waals surface area contributed by atoms with E-state index in [0.717, 1.165) is 23.7 Å². The van der Waals surface area contributed by atoms with Crippen molar-refractivity contribution in [1.82, 2.24) is 24.4 Å². The summed E-state index contributed by atoms with van der Waals surface area (Å²) in [6.07, 6.45) is 3.20. The molecule has 0 unspecified atom stereocenters. The molecule has 0 saturated carbocycles. The summed E-state index contributed by atoms with van der Waals surface area (Å²) in [6.45, 7) is 2.05. The Morgan fingerprint density at radius 3 is 3.20 bits per heavy atom. The minimum atomic E-state index is 0.581. The van der Waals surface area contributed by atoms with Crippen molar-refractivity contribution in [2.45, 2.75) is 13.2 Å². The van der Waals surface area contributed by atoms with Crippen molar-refractivity contribution in [3.8, 4) is 0 Å². The molecular formula is C12H11ClN6O. The minimum absolute atomic E-state index is 0.581. The summed E-state index contributed by atoms with van der Waals surface area (Å²) in [5.41, 5.74) is 2.53. The molecule has 8 heteroatoms. The first-order valence-electron chi connectivity index (χ1n) is 6.20. The van der Waals surface area contributed by atoms with E-state index in [1.54, 1.807) is 16.8 Å². The van der Waals surface area contributed by atoms with Gasteiger partial charge in [-0.25, -0.2) is 9.50 Å². The van der Waals surface area contributed by atoms with Crippen molar-refractivity contribution in [1.29, 1.82) is 0 Å². The van der Waals surface area contributed by atoms with E-state index in [1.807, 2.05) is 10.7 Å². The van der Waals surface area contributed by atoms with Crippen molar-refractivity contribution < 1.29 is 4.74 Å². The molecule has 3 aromatic heterocycles. The van der Waals surface area contributed by atoms with Crippen LogP contribution in [0.3, 0.4) is 0 Å². The average Bonchev–Trinajstić information content (AvgIpc) is 3.03. The van der Waals surface area contributed by atoms with E-state index in [1.165, 1.54) is 6.33 Å². The lowest BCUT2D eigenvalue weighted by molar-refractivity contribution is 0.0801. The van der Waals surface area contributed by atoms with Gasteiger partial charge in [0, 0.05) is 12.3 Å². The molecule has 0 bridgehead atoms. The van der Waals surface area contributed by atoms with E-state index >= 15 is 0 Å². The van der Waals surface area contributed by atoms with Crippen LogP contribution in [0.4, 0.5) is 11.5 Å². The van der Waals surface area contributed by atoms with Crippen LogP contribution in [0.25, 0.3) is 5.65 Å². The molecule has 4 rings (SSSR count). The minimum Gasteiger partial charge on any atom is -0.373 e. The summed E-state index contributed by atoms with van der Waals surface area (Å²) in [7, 11) is 0. The summed E-state index contributed by atoms with van der Waals surface area (Å²) in [5, 5.41) is 12.4. The lowest BCUT2D eigenvalue weighted by Gasteiger charge is -2.12. The lowest BCUT2D eigenvalue weighted by Crippen LogP contribution is -2.16. The van der Waals surface area contributed by atoms with E-state index in [0.29, 0.717) is 23.9 Å². The first kappa shape index (κ1) is 11.7. The molecule has 0 fully saturated rings. The largest absolute Gasteiger partial charge is 0.373 e. The van der Waals surface area contributed by atoms with E-state index in [-0.39, 0.29) is 0 Å². The highest BCUT2D eigenvalue weighted by Gasteiger charge is 2.14. The fourth-order valence-electron chi connectivity index (χ4n) is 2.28. The fraction of sp³-hybridized carbons (Fsp3) is 0.250. The van der Waals surface area contributed by atoms with Gasteiger partial charge in [0.15, 0.2) is 11.5 Å². The molecule has 1 aliphatic rings. The third-order valence-electron chi connectivity index (χ3n) is 3.17. The lowest BCUT2D eigenvalue weighted by atomic mass is 10.3. The number of nitrogens with one attached hydrogen (secondary N) is 1. The number of rotatable bonds is 2. The Kier molecular flexibility index (Phi) is 2.61. The van der Waals surface area contributed by atoms with Crippen LogP contribution < -0.4 is 5.32 Å². The molecule has 1 aliphatic heterocycles. The zero-order chi connectivity index (χ0) is 13.5. The van der Waals surface area contributed by atoms with E-state index in [9.17, 15) is 0 Å². The smallest absolute Gasteiger partial charge is 0.178 e. The molecule has 3 aromatic rings.